The number of amides is 1. The minimum Gasteiger partial charge on any atom is -0.449 e. The maximum absolute atomic E-state index is 11.8. The first-order chi connectivity index (χ1) is 11.8. The second kappa shape index (κ2) is 7.95. The summed E-state index contributed by atoms with van der Waals surface area (Å²) < 4.78 is 10.5. The van der Waals surface area contributed by atoms with Crippen LogP contribution in [0.4, 0.5) is 4.79 Å². The van der Waals surface area contributed by atoms with E-state index in [4.69, 9.17) is 14.6 Å². The molecule has 0 atom stereocenters. The molecular formula is C19H21NO4. The van der Waals surface area contributed by atoms with Crippen LogP contribution in [0.25, 0.3) is 11.1 Å². The van der Waals surface area contributed by atoms with Crippen molar-refractivity contribution in [1.29, 1.82) is 0 Å². The van der Waals surface area contributed by atoms with Crippen molar-refractivity contribution >= 4 is 6.09 Å². The maximum Gasteiger partial charge on any atom is 0.407 e. The highest BCUT2D eigenvalue weighted by molar-refractivity contribution is 5.79. The van der Waals surface area contributed by atoms with Gasteiger partial charge in [0.2, 0.25) is 0 Å². The van der Waals surface area contributed by atoms with Crippen LogP contribution in [0.15, 0.2) is 48.5 Å². The van der Waals surface area contributed by atoms with Crippen LogP contribution in [-0.4, -0.2) is 44.2 Å². The molecule has 0 radical (unpaired) electrons. The summed E-state index contributed by atoms with van der Waals surface area (Å²) in [5.74, 6) is 0.0637. The Morgan fingerprint density at radius 1 is 1.00 bits per heavy atom. The highest BCUT2D eigenvalue weighted by atomic mass is 16.5. The molecule has 0 aromatic heterocycles. The molecule has 1 aliphatic rings. The van der Waals surface area contributed by atoms with Gasteiger partial charge in [-0.25, -0.2) is 4.79 Å². The quantitative estimate of drug-likeness (QED) is 0.767. The molecule has 0 fully saturated rings. The molecule has 3 rings (SSSR count). The number of hydrogen-bond acceptors (Lipinski definition) is 4. The van der Waals surface area contributed by atoms with E-state index in [1.54, 1.807) is 0 Å². The van der Waals surface area contributed by atoms with Crippen LogP contribution in [0.2, 0.25) is 0 Å². The lowest BCUT2D eigenvalue weighted by Gasteiger charge is -2.14. The van der Waals surface area contributed by atoms with E-state index in [-0.39, 0.29) is 19.1 Å². The van der Waals surface area contributed by atoms with Crippen molar-refractivity contribution in [2.24, 2.45) is 0 Å². The van der Waals surface area contributed by atoms with Crippen LogP contribution in [0.5, 0.6) is 0 Å². The minimum absolute atomic E-state index is 0.0229. The van der Waals surface area contributed by atoms with Crippen molar-refractivity contribution < 1.29 is 19.4 Å². The third-order valence-electron chi connectivity index (χ3n) is 4.10. The van der Waals surface area contributed by atoms with E-state index in [0.29, 0.717) is 19.8 Å². The lowest BCUT2D eigenvalue weighted by Crippen LogP contribution is -2.29. The molecule has 0 saturated carbocycles. The Bertz CT molecular complexity index is 656. The fraction of sp³-hybridized carbons (Fsp3) is 0.316. The molecular weight excluding hydrogens is 306 g/mol. The van der Waals surface area contributed by atoms with E-state index in [1.165, 1.54) is 22.3 Å². The number of ether oxygens (including phenoxy) is 2. The monoisotopic (exact) mass is 327 g/mol. The van der Waals surface area contributed by atoms with Gasteiger partial charge in [-0.05, 0) is 22.3 Å². The van der Waals surface area contributed by atoms with E-state index in [2.05, 4.69) is 29.6 Å². The molecule has 2 N–H and O–H groups in total. The summed E-state index contributed by atoms with van der Waals surface area (Å²) in [5, 5.41) is 11.2. The van der Waals surface area contributed by atoms with Gasteiger partial charge in [0.25, 0.3) is 0 Å². The smallest absolute Gasteiger partial charge is 0.407 e. The van der Waals surface area contributed by atoms with Crippen molar-refractivity contribution in [2.45, 2.75) is 5.92 Å². The molecule has 2 aromatic rings. The Morgan fingerprint density at radius 2 is 1.62 bits per heavy atom. The van der Waals surface area contributed by atoms with Gasteiger partial charge in [-0.2, -0.15) is 0 Å². The van der Waals surface area contributed by atoms with Crippen LogP contribution in [0, 0.1) is 0 Å². The number of nitrogens with one attached hydrogen (secondary N) is 1. The second-order valence-electron chi connectivity index (χ2n) is 5.59. The highest BCUT2D eigenvalue weighted by Crippen LogP contribution is 2.44. The number of fused-ring (bicyclic) bond motifs is 3. The zero-order chi connectivity index (χ0) is 16.8. The van der Waals surface area contributed by atoms with Crippen LogP contribution >= 0.6 is 0 Å². The third kappa shape index (κ3) is 3.58. The van der Waals surface area contributed by atoms with E-state index in [1.807, 2.05) is 24.3 Å². The Morgan fingerprint density at radius 3 is 2.25 bits per heavy atom. The third-order valence-corrected chi connectivity index (χ3v) is 4.10. The predicted molar refractivity (Wildman–Crippen MR) is 91.0 cm³/mol. The first kappa shape index (κ1) is 16.5. The van der Waals surface area contributed by atoms with Crippen molar-refractivity contribution in [3.63, 3.8) is 0 Å². The number of aliphatic hydroxyl groups is 1. The van der Waals surface area contributed by atoms with Gasteiger partial charge >= 0.3 is 6.09 Å². The van der Waals surface area contributed by atoms with Crippen LogP contribution < -0.4 is 5.32 Å². The van der Waals surface area contributed by atoms with Crippen molar-refractivity contribution in [1.82, 2.24) is 5.32 Å². The topological polar surface area (TPSA) is 67.8 Å². The number of rotatable bonds is 7. The summed E-state index contributed by atoms with van der Waals surface area (Å²) in [4.78, 5) is 11.8. The number of aliphatic hydroxyl groups excluding tert-OH is 1. The van der Waals surface area contributed by atoms with Gasteiger partial charge in [0, 0.05) is 12.5 Å². The molecule has 126 valence electrons. The first-order valence-corrected chi connectivity index (χ1v) is 8.08. The van der Waals surface area contributed by atoms with Crippen LogP contribution in [0.1, 0.15) is 17.0 Å². The van der Waals surface area contributed by atoms with Crippen molar-refractivity contribution in [3.05, 3.63) is 59.7 Å². The number of hydrogen-bond donors (Lipinski definition) is 2. The molecule has 0 heterocycles. The summed E-state index contributed by atoms with van der Waals surface area (Å²) in [6.45, 7) is 1.26. The van der Waals surface area contributed by atoms with E-state index < -0.39 is 6.09 Å². The van der Waals surface area contributed by atoms with Crippen LogP contribution in [0.3, 0.4) is 0 Å². The summed E-state index contributed by atoms with van der Waals surface area (Å²) in [7, 11) is 0. The van der Waals surface area contributed by atoms with Gasteiger partial charge in [0.15, 0.2) is 0 Å². The molecule has 0 unspecified atom stereocenters. The standard InChI is InChI=1S/C19H21NO4/c21-10-12-23-11-9-20-19(22)24-13-18-16-7-3-1-5-14(16)15-6-2-4-8-17(15)18/h1-8,18,21H,9-13H2,(H,20,22). The van der Waals surface area contributed by atoms with Crippen molar-refractivity contribution in [3.8, 4) is 11.1 Å². The average molecular weight is 327 g/mol. The van der Waals surface area contributed by atoms with E-state index in [0.717, 1.165) is 0 Å². The van der Waals surface area contributed by atoms with Crippen LogP contribution in [-0.2, 0) is 9.47 Å². The molecule has 2 aromatic carbocycles. The molecule has 0 spiro atoms. The van der Waals surface area contributed by atoms with Gasteiger partial charge < -0.3 is 19.9 Å². The number of benzene rings is 2. The molecule has 5 heteroatoms. The molecule has 0 saturated heterocycles. The Kier molecular flexibility index (Phi) is 5.46. The second-order valence-corrected chi connectivity index (χ2v) is 5.59. The Balaban J connectivity index is 1.58. The average Bonchev–Trinajstić information content (AvgIpc) is 2.94. The largest absolute Gasteiger partial charge is 0.449 e. The lowest BCUT2D eigenvalue weighted by molar-refractivity contribution is 0.0905. The number of carbonyl (C=O) groups excluding carboxylic acids is 1. The Hall–Kier alpha value is -2.37. The normalized spacial score (nSPS) is 12.5. The maximum atomic E-state index is 11.8. The fourth-order valence-corrected chi connectivity index (χ4v) is 3.04. The number of alkyl carbamates (subject to hydrolysis) is 1. The highest BCUT2D eigenvalue weighted by Gasteiger charge is 2.28. The molecule has 1 amide bonds. The molecule has 1 aliphatic carbocycles. The molecule has 24 heavy (non-hydrogen) atoms. The van der Waals surface area contributed by atoms with Gasteiger partial charge in [0.1, 0.15) is 6.61 Å². The first-order valence-electron chi connectivity index (χ1n) is 8.08. The molecule has 0 aliphatic heterocycles. The van der Waals surface area contributed by atoms with E-state index >= 15 is 0 Å². The number of carbonyl (C=O) groups is 1. The Labute approximate surface area is 141 Å². The van der Waals surface area contributed by atoms with Crippen molar-refractivity contribution in [2.75, 3.05) is 33.0 Å². The van der Waals surface area contributed by atoms with Gasteiger partial charge in [0.05, 0.1) is 19.8 Å². The summed E-state index contributed by atoms with van der Waals surface area (Å²) in [5.41, 5.74) is 4.80. The minimum atomic E-state index is -0.454. The zero-order valence-corrected chi connectivity index (χ0v) is 13.4. The summed E-state index contributed by atoms with van der Waals surface area (Å²) in [6.07, 6.45) is -0.454. The summed E-state index contributed by atoms with van der Waals surface area (Å²) in [6, 6.07) is 16.5. The van der Waals surface area contributed by atoms with Gasteiger partial charge in [-0.1, -0.05) is 48.5 Å². The van der Waals surface area contributed by atoms with Gasteiger partial charge in [-0.3, -0.25) is 0 Å². The lowest BCUT2D eigenvalue weighted by atomic mass is 9.98. The predicted octanol–water partition coefficient (Wildman–Crippen LogP) is 2.53. The van der Waals surface area contributed by atoms with E-state index in [9.17, 15) is 4.79 Å². The summed E-state index contributed by atoms with van der Waals surface area (Å²) >= 11 is 0. The molecule has 5 nitrogen and oxygen atoms in total. The zero-order valence-electron chi connectivity index (χ0n) is 13.4. The fourth-order valence-electron chi connectivity index (χ4n) is 3.04. The SMILES string of the molecule is O=C(NCCOCCO)OCC1c2ccccc2-c2ccccc21. The van der Waals surface area contributed by atoms with Gasteiger partial charge in [-0.15, -0.1) is 0 Å². The molecule has 0 bridgehead atoms.